The second kappa shape index (κ2) is 3.96. The first-order chi connectivity index (χ1) is 5.97. The molecule has 0 aliphatic heterocycles. The highest BCUT2D eigenvalue weighted by atomic mass is 79.9. The zero-order valence-electron chi connectivity index (χ0n) is 6.71. The Morgan fingerprint density at radius 2 is 2.08 bits per heavy atom. The summed E-state index contributed by atoms with van der Waals surface area (Å²) in [5.41, 5.74) is 0. The van der Waals surface area contributed by atoms with Crippen LogP contribution in [0.2, 0.25) is 5.02 Å². The van der Waals surface area contributed by atoms with Gasteiger partial charge in [0.1, 0.15) is 0 Å². The second-order valence-electron chi connectivity index (χ2n) is 2.28. The van der Waals surface area contributed by atoms with Crippen LogP contribution >= 0.6 is 27.5 Å². The van der Waals surface area contributed by atoms with Crippen LogP contribution in [0.1, 0.15) is 0 Å². The number of nitrogens with one attached hydrogen (secondary N) is 1. The highest BCUT2D eigenvalue weighted by molar-refractivity contribution is 9.10. The summed E-state index contributed by atoms with van der Waals surface area (Å²) in [5, 5.41) is 0.386. The minimum atomic E-state index is -3.43. The maximum absolute atomic E-state index is 11.4. The Balaban J connectivity index is 3.38. The zero-order chi connectivity index (χ0) is 10.1. The molecule has 0 atom stereocenters. The van der Waals surface area contributed by atoms with Gasteiger partial charge in [0.15, 0.2) is 0 Å². The van der Waals surface area contributed by atoms with Gasteiger partial charge in [0, 0.05) is 9.50 Å². The van der Waals surface area contributed by atoms with Crippen molar-refractivity contribution in [2.45, 2.75) is 4.90 Å². The van der Waals surface area contributed by atoms with Gasteiger partial charge in [0.25, 0.3) is 0 Å². The third-order valence-corrected chi connectivity index (χ3v) is 4.09. The van der Waals surface area contributed by atoms with Crippen molar-refractivity contribution >= 4 is 37.6 Å². The Kier molecular flexibility index (Phi) is 3.34. The molecular weight excluding hydrogens is 278 g/mol. The van der Waals surface area contributed by atoms with E-state index in [9.17, 15) is 8.42 Å². The first-order valence-corrected chi connectivity index (χ1v) is 6.01. The fourth-order valence-corrected chi connectivity index (χ4v) is 2.74. The summed E-state index contributed by atoms with van der Waals surface area (Å²) >= 11 is 8.80. The van der Waals surface area contributed by atoms with Crippen LogP contribution in [0.15, 0.2) is 27.6 Å². The van der Waals surface area contributed by atoms with Gasteiger partial charge in [0.05, 0.1) is 4.90 Å². The summed E-state index contributed by atoms with van der Waals surface area (Å²) in [4.78, 5) is 0.141. The van der Waals surface area contributed by atoms with Crippen LogP contribution in [0.5, 0.6) is 0 Å². The highest BCUT2D eigenvalue weighted by Crippen LogP contribution is 2.24. The van der Waals surface area contributed by atoms with Gasteiger partial charge in [-0.1, -0.05) is 11.6 Å². The molecule has 0 bridgehead atoms. The quantitative estimate of drug-likeness (QED) is 0.903. The minimum Gasteiger partial charge on any atom is -0.214 e. The van der Waals surface area contributed by atoms with Crippen molar-refractivity contribution in [3.8, 4) is 0 Å². The number of sulfonamides is 1. The molecule has 0 amide bonds. The van der Waals surface area contributed by atoms with Gasteiger partial charge >= 0.3 is 0 Å². The van der Waals surface area contributed by atoms with Crippen molar-refractivity contribution < 1.29 is 8.42 Å². The lowest BCUT2D eigenvalue weighted by molar-refractivity contribution is 0.588. The SMILES string of the molecule is CNS(=O)(=O)c1cc(Cl)ccc1Br. The van der Waals surface area contributed by atoms with Crippen LogP contribution < -0.4 is 4.72 Å². The highest BCUT2D eigenvalue weighted by Gasteiger charge is 2.15. The van der Waals surface area contributed by atoms with Crippen LogP contribution in [-0.2, 0) is 10.0 Å². The third kappa shape index (κ3) is 2.43. The monoisotopic (exact) mass is 283 g/mol. The van der Waals surface area contributed by atoms with Crippen molar-refractivity contribution in [1.82, 2.24) is 4.72 Å². The number of hydrogen-bond donors (Lipinski definition) is 1. The molecule has 0 spiro atoms. The lowest BCUT2D eigenvalue weighted by atomic mass is 10.4. The number of benzene rings is 1. The zero-order valence-corrected chi connectivity index (χ0v) is 9.87. The van der Waals surface area contributed by atoms with E-state index in [-0.39, 0.29) is 4.90 Å². The van der Waals surface area contributed by atoms with E-state index in [1.54, 1.807) is 12.1 Å². The Bertz CT molecular complexity index is 419. The molecule has 1 N–H and O–H groups in total. The summed E-state index contributed by atoms with van der Waals surface area (Å²) in [6.45, 7) is 0. The van der Waals surface area contributed by atoms with E-state index in [1.807, 2.05) is 0 Å². The summed E-state index contributed by atoms with van der Waals surface area (Å²) < 4.78 is 25.4. The van der Waals surface area contributed by atoms with Gasteiger partial charge < -0.3 is 0 Å². The van der Waals surface area contributed by atoms with Gasteiger partial charge in [-0.15, -0.1) is 0 Å². The van der Waals surface area contributed by atoms with Crippen molar-refractivity contribution in [3.05, 3.63) is 27.7 Å². The molecule has 1 aromatic carbocycles. The largest absolute Gasteiger partial charge is 0.241 e. The smallest absolute Gasteiger partial charge is 0.214 e. The van der Waals surface area contributed by atoms with Gasteiger partial charge in [-0.2, -0.15) is 0 Å². The summed E-state index contributed by atoms with van der Waals surface area (Å²) in [6, 6.07) is 4.59. The van der Waals surface area contributed by atoms with Crippen LogP contribution in [0.25, 0.3) is 0 Å². The van der Waals surface area contributed by atoms with E-state index >= 15 is 0 Å². The van der Waals surface area contributed by atoms with Gasteiger partial charge in [-0.25, -0.2) is 13.1 Å². The molecule has 0 heterocycles. The Hall–Kier alpha value is -0.100. The van der Waals surface area contributed by atoms with Crippen LogP contribution in [0.3, 0.4) is 0 Å². The summed E-state index contributed by atoms with van der Waals surface area (Å²) in [7, 11) is -2.08. The molecule has 0 fully saturated rings. The van der Waals surface area contributed by atoms with E-state index < -0.39 is 10.0 Å². The van der Waals surface area contributed by atoms with E-state index in [1.165, 1.54) is 13.1 Å². The molecule has 3 nitrogen and oxygen atoms in total. The average Bonchev–Trinajstić information content (AvgIpc) is 2.09. The van der Waals surface area contributed by atoms with Crippen molar-refractivity contribution in [1.29, 1.82) is 0 Å². The Labute approximate surface area is 90.3 Å². The molecule has 1 aromatic rings. The topological polar surface area (TPSA) is 46.2 Å². The molecule has 1 rings (SSSR count). The predicted octanol–water partition coefficient (Wildman–Crippen LogP) is 2.01. The molecular formula is C7H7BrClNO2S. The Morgan fingerprint density at radius 1 is 1.46 bits per heavy atom. The molecule has 0 saturated carbocycles. The summed E-state index contributed by atoms with van der Waals surface area (Å²) in [6.07, 6.45) is 0. The maximum Gasteiger partial charge on any atom is 0.241 e. The lowest BCUT2D eigenvalue weighted by Crippen LogP contribution is -2.18. The molecule has 0 aromatic heterocycles. The second-order valence-corrected chi connectivity index (χ2v) is 5.43. The minimum absolute atomic E-state index is 0.141. The molecule has 0 saturated heterocycles. The average molecular weight is 285 g/mol. The molecule has 0 aliphatic carbocycles. The predicted molar refractivity (Wildman–Crippen MR) is 55.4 cm³/mol. The number of rotatable bonds is 2. The van der Waals surface area contributed by atoms with Crippen LogP contribution in [0.4, 0.5) is 0 Å². The van der Waals surface area contributed by atoms with Crippen LogP contribution in [0, 0.1) is 0 Å². The van der Waals surface area contributed by atoms with E-state index in [2.05, 4.69) is 20.7 Å². The van der Waals surface area contributed by atoms with E-state index in [4.69, 9.17) is 11.6 Å². The van der Waals surface area contributed by atoms with Crippen LogP contribution in [-0.4, -0.2) is 15.5 Å². The normalized spacial score (nSPS) is 11.6. The van der Waals surface area contributed by atoms with Crippen molar-refractivity contribution in [2.24, 2.45) is 0 Å². The van der Waals surface area contributed by atoms with Gasteiger partial charge in [-0.3, -0.25) is 0 Å². The number of hydrogen-bond acceptors (Lipinski definition) is 2. The van der Waals surface area contributed by atoms with Crippen molar-refractivity contribution in [3.63, 3.8) is 0 Å². The maximum atomic E-state index is 11.4. The molecule has 0 unspecified atom stereocenters. The van der Waals surface area contributed by atoms with Gasteiger partial charge in [-0.05, 0) is 41.2 Å². The molecule has 0 aliphatic rings. The first-order valence-electron chi connectivity index (χ1n) is 3.36. The third-order valence-electron chi connectivity index (χ3n) is 1.45. The standard InChI is InChI=1S/C7H7BrClNO2S/c1-10-13(11,12)7-4-5(9)2-3-6(7)8/h2-4,10H,1H3. The molecule has 0 radical (unpaired) electrons. The fourth-order valence-electron chi connectivity index (χ4n) is 0.793. The molecule has 72 valence electrons. The lowest BCUT2D eigenvalue weighted by Gasteiger charge is -2.04. The Morgan fingerprint density at radius 3 is 2.62 bits per heavy atom. The van der Waals surface area contributed by atoms with Crippen molar-refractivity contribution in [2.75, 3.05) is 7.05 Å². The fraction of sp³-hybridized carbons (Fsp3) is 0.143. The van der Waals surface area contributed by atoms with Gasteiger partial charge in [0.2, 0.25) is 10.0 Å². The summed E-state index contributed by atoms with van der Waals surface area (Å²) in [5.74, 6) is 0. The van der Waals surface area contributed by atoms with E-state index in [0.717, 1.165) is 0 Å². The van der Waals surface area contributed by atoms with E-state index in [0.29, 0.717) is 9.50 Å². The molecule has 13 heavy (non-hydrogen) atoms. The first kappa shape index (κ1) is 11.0. The number of halogens is 2. The molecule has 6 heteroatoms.